The van der Waals surface area contributed by atoms with Crippen molar-refractivity contribution in [3.63, 3.8) is 0 Å². The molecule has 150 valence electrons. The minimum atomic E-state index is -1.35. The molecule has 0 saturated carbocycles. The van der Waals surface area contributed by atoms with Gasteiger partial charge in [-0.05, 0) is 5.53 Å². The van der Waals surface area contributed by atoms with Crippen LogP contribution in [0.25, 0.3) is 10.4 Å². The molecule has 1 saturated heterocycles. The van der Waals surface area contributed by atoms with Crippen molar-refractivity contribution in [2.24, 2.45) is 5.11 Å². The van der Waals surface area contributed by atoms with Crippen LogP contribution in [-0.2, 0) is 23.7 Å². The molecule has 0 spiro atoms. The highest BCUT2D eigenvalue weighted by Gasteiger charge is 2.45. The van der Waals surface area contributed by atoms with Gasteiger partial charge in [0.2, 0.25) is 5.91 Å². The van der Waals surface area contributed by atoms with E-state index in [0.29, 0.717) is 19.8 Å². The molecule has 1 rings (SSSR count). The normalized spacial score (nSPS) is 28.4. The van der Waals surface area contributed by atoms with Crippen molar-refractivity contribution < 1.29 is 39.1 Å². The quantitative estimate of drug-likeness (QED) is 0.134. The van der Waals surface area contributed by atoms with Crippen molar-refractivity contribution in [1.29, 1.82) is 0 Å². The fourth-order valence-corrected chi connectivity index (χ4v) is 2.31. The number of aliphatic hydroxyl groups is 3. The number of hydrogen-bond donors (Lipinski definition) is 4. The van der Waals surface area contributed by atoms with E-state index in [-0.39, 0.29) is 19.8 Å². The summed E-state index contributed by atoms with van der Waals surface area (Å²) in [5.74, 6) is -0.421. The predicted octanol–water partition coefficient (Wildman–Crippen LogP) is -1.71. The highest BCUT2D eigenvalue weighted by Crippen LogP contribution is 2.22. The minimum Gasteiger partial charge on any atom is -0.394 e. The molecule has 1 aliphatic heterocycles. The van der Waals surface area contributed by atoms with Crippen LogP contribution in [0.4, 0.5) is 0 Å². The van der Waals surface area contributed by atoms with Gasteiger partial charge in [0, 0.05) is 18.4 Å². The molecule has 0 aromatic rings. The van der Waals surface area contributed by atoms with E-state index >= 15 is 0 Å². The standard InChI is InChI=1S/C14H26N4O8/c1-9(20)17-11-13(22)12(21)10(8-19)26-14(11)25-7-6-24-5-4-23-3-2-16-18-15/h10-14,19,21-22H,2-8H2,1H3,(H,17,20). The van der Waals surface area contributed by atoms with Gasteiger partial charge in [-0.3, -0.25) is 4.79 Å². The molecule has 12 heteroatoms. The second-order valence-corrected chi connectivity index (χ2v) is 5.48. The Morgan fingerprint density at radius 1 is 1.19 bits per heavy atom. The Hall–Kier alpha value is -1.50. The second kappa shape index (κ2) is 12.8. The summed E-state index contributed by atoms with van der Waals surface area (Å²) in [5, 5.41) is 35.0. The molecule has 4 N–H and O–H groups in total. The number of azide groups is 1. The maximum Gasteiger partial charge on any atom is 0.217 e. The van der Waals surface area contributed by atoms with Gasteiger partial charge in [-0.25, -0.2) is 0 Å². The fraction of sp³-hybridized carbons (Fsp3) is 0.929. The zero-order valence-corrected chi connectivity index (χ0v) is 14.6. The van der Waals surface area contributed by atoms with Gasteiger partial charge < -0.3 is 39.6 Å². The number of carbonyl (C=O) groups is 1. The Balaban J connectivity index is 2.30. The Kier molecular flexibility index (Phi) is 11.1. The zero-order chi connectivity index (χ0) is 19.4. The third-order valence-electron chi connectivity index (χ3n) is 3.53. The van der Waals surface area contributed by atoms with Crippen LogP contribution in [0.1, 0.15) is 6.92 Å². The Morgan fingerprint density at radius 3 is 2.46 bits per heavy atom. The number of rotatable bonds is 12. The van der Waals surface area contributed by atoms with Gasteiger partial charge in [0.05, 0.1) is 39.6 Å². The number of carbonyl (C=O) groups excluding carboxylic acids is 1. The summed E-state index contributed by atoms with van der Waals surface area (Å²) in [5.41, 5.74) is 8.09. The Bertz CT molecular complexity index is 462. The number of nitrogens with zero attached hydrogens (tertiary/aromatic N) is 3. The van der Waals surface area contributed by atoms with Crippen LogP contribution in [0.3, 0.4) is 0 Å². The summed E-state index contributed by atoms with van der Waals surface area (Å²) in [6, 6.07) is -0.977. The largest absolute Gasteiger partial charge is 0.394 e. The highest BCUT2D eigenvalue weighted by molar-refractivity contribution is 5.73. The molecule has 12 nitrogen and oxygen atoms in total. The van der Waals surface area contributed by atoms with Gasteiger partial charge in [0.25, 0.3) is 0 Å². The van der Waals surface area contributed by atoms with Crippen LogP contribution < -0.4 is 5.32 Å². The number of hydrogen-bond acceptors (Lipinski definition) is 9. The average molecular weight is 378 g/mol. The van der Waals surface area contributed by atoms with E-state index in [2.05, 4.69) is 15.3 Å². The molecule has 26 heavy (non-hydrogen) atoms. The van der Waals surface area contributed by atoms with E-state index in [1.165, 1.54) is 6.92 Å². The molecule has 1 amide bonds. The third-order valence-corrected chi connectivity index (χ3v) is 3.53. The number of nitrogens with one attached hydrogen (secondary N) is 1. The fourth-order valence-electron chi connectivity index (χ4n) is 2.31. The molecule has 0 bridgehead atoms. The Morgan fingerprint density at radius 2 is 1.85 bits per heavy atom. The van der Waals surface area contributed by atoms with E-state index in [9.17, 15) is 20.1 Å². The maximum absolute atomic E-state index is 11.3. The van der Waals surface area contributed by atoms with Crippen molar-refractivity contribution in [2.45, 2.75) is 37.6 Å². The first-order valence-electron chi connectivity index (χ1n) is 8.18. The number of aliphatic hydroxyl groups excluding tert-OH is 3. The lowest BCUT2D eigenvalue weighted by atomic mass is 9.97. The van der Waals surface area contributed by atoms with Crippen molar-refractivity contribution in [2.75, 3.05) is 46.2 Å². The van der Waals surface area contributed by atoms with Crippen molar-refractivity contribution in [1.82, 2.24) is 5.32 Å². The predicted molar refractivity (Wildman–Crippen MR) is 87.0 cm³/mol. The molecule has 5 atom stereocenters. The van der Waals surface area contributed by atoms with Gasteiger partial charge >= 0.3 is 0 Å². The van der Waals surface area contributed by atoms with Crippen molar-refractivity contribution in [3.8, 4) is 0 Å². The Labute approximate surface area is 150 Å². The van der Waals surface area contributed by atoms with E-state index in [1.54, 1.807) is 0 Å². The summed E-state index contributed by atoms with van der Waals surface area (Å²) in [7, 11) is 0. The molecule has 0 aromatic heterocycles. The summed E-state index contributed by atoms with van der Waals surface area (Å²) >= 11 is 0. The SMILES string of the molecule is CC(=O)NC1C(OCCOCCOCCN=[N+]=[N-])OC(CO)C(O)C1O. The highest BCUT2D eigenvalue weighted by atomic mass is 16.7. The third kappa shape index (κ3) is 7.81. The minimum absolute atomic E-state index is 0.0977. The van der Waals surface area contributed by atoms with Crippen LogP contribution >= 0.6 is 0 Å². The first-order chi connectivity index (χ1) is 12.5. The summed E-state index contributed by atoms with van der Waals surface area (Å²) in [6.07, 6.45) is -4.76. The number of amides is 1. The van der Waals surface area contributed by atoms with E-state index in [0.717, 1.165) is 0 Å². The van der Waals surface area contributed by atoms with Crippen molar-refractivity contribution >= 4 is 5.91 Å². The smallest absolute Gasteiger partial charge is 0.217 e. The average Bonchev–Trinajstić information content (AvgIpc) is 2.62. The molecule has 0 aliphatic carbocycles. The summed E-state index contributed by atoms with van der Waals surface area (Å²) < 4.78 is 21.3. The molecule has 0 radical (unpaired) electrons. The van der Waals surface area contributed by atoms with Crippen molar-refractivity contribution in [3.05, 3.63) is 10.4 Å². The molecule has 5 unspecified atom stereocenters. The topological polar surface area (TPSA) is 175 Å². The number of ether oxygens (including phenoxy) is 4. The molecule has 1 fully saturated rings. The van der Waals surface area contributed by atoms with Crippen LogP contribution in [-0.4, -0.2) is 98.1 Å². The summed E-state index contributed by atoms with van der Waals surface area (Å²) in [6.45, 7) is 2.25. The summed E-state index contributed by atoms with van der Waals surface area (Å²) in [4.78, 5) is 13.9. The lowest BCUT2D eigenvalue weighted by Gasteiger charge is -2.42. The van der Waals surface area contributed by atoms with Gasteiger partial charge in [0.15, 0.2) is 6.29 Å². The van der Waals surface area contributed by atoms with Crippen LogP contribution in [0.2, 0.25) is 0 Å². The van der Waals surface area contributed by atoms with Gasteiger partial charge in [-0.15, -0.1) is 0 Å². The van der Waals surface area contributed by atoms with Crippen LogP contribution in [0.15, 0.2) is 5.11 Å². The first kappa shape index (κ1) is 22.5. The first-order valence-corrected chi connectivity index (χ1v) is 8.18. The van der Waals surface area contributed by atoms with E-state index < -0.39 is 43.2 Å². The lowest BCUT2D eigenvalue weighted by Crippen LogP contribution is -2.64. The molecular weight excluding hydrogens is 352 g/mol. The van der Waals surface area contributed by atoms with Gasteiger partial charge in [-0.1, -0.05) is 5.11 Å². The second-order valence-electron chi connectivity index (χ2n) is 5.48. The molecule has 1 heterocycles. The molecule has 0 aromatic carbocycles. The lowest BCUT2D eigenvalue weighted by molar-refractivity contribution is -0.272. The van der Waals surface area contributed by atoms with E-state index in [1.807, 2.05) is 0 Å². The van der Waals surface area contributed by atoms with Gasteiger partial charge in [-0.2, -0.15) is 0 Å². The maximum atomic E-state index is 11.3. The molecule has 1 aliphatic rings. The van der Waals surface area contributed by atoms with Gasteiger partial charge in [0.1, 0.15) is 24.4 Å². The van der Waals surface area contributed by atoms with E-state index in [4.69, 9.17) is 24.5 Å². The zero-order valence-electron chi connectivity index (χ0n) is 14.6. The molecular formula is C14H26N4O8. The van der Waals surface area contributed by atoms with Crippen LogP contribution in [0, 0.1) is 0 Å². The van der Waals surface area contributed by atoms with Crippen LogP contribution in [0.5, 0.6) is 0 Å². The monoisotopic (exact) mass is 378 g/mol.